The molecule has 23 heavy (non-hydrogen) atoms. The van der Waals surface area contributed by atoms with E-state index in [1.54, 1.807) is 19.1 Å². The smallest absolute Gasteiger partial charge is 0.307 e. The molecular weight excluding hydrogens is 324 g/mol. The van der Waals surface area contributed by atoms with E-state index in [9.17, 15) is 24.8 Å². The Morgan fingerprint density at radius 1 is 1.39 bits per heavy atom. The van der Waals surface area contributed by atoms with E-state index < -0.39 is 28.6 Å². The highest BCUT2D eigenvalue weighted by Gasteiger charge is 2.36. The van der Waals surface area contributed by atoms with Gasteiger partial charge in [-0.25, -0.2) is 0 Å². The van der Waals surface area contributed by atoms with Gasteiger partial charge in [-0.15, -0.1) is 0 Å². The quantitative estimate of drug-likeness (QED) is 0.647. The molecule has 7 nitrogen and oxygen atoms in total. The number of carboxylic acid groups (broad SMARTS) is 1. The summed E-state index contributed by atoms with van der Waals surface area (Å²) in [6.45, 7) is 1.70. The van der Waals surface area contributed by atoms with Gasteiger partial charge >= 0.3 is 5.97 Å². The third kappa shape index (κ3) is 3.87. The van der Waals surface area contributed by atoms with E-state index in [0.29, 0.717) is 10.6 Å². The third-order valence-electron chi connectivity index (χ3n) is 3.76. The fourth-order valence-corrected chi connectivity index (χ4v) is 2.78. The molecule has 2 N–H and O–H groups in total. The summed E-state index contributed by atoms with van der Waals surface area (Å²) in [6, 6.07) is 4.41. The zero-order chi connectivity index (χ0) is 17.1. The highest BCUT2D eigenvalue weighted by molar-refractivity contribution is 6.29. The highest BCUT2D eigenvalue weighted by Crippen LogP contribution is 2.34. The van der Waals surface area contributed by atoms with Crippen LogP contribution in [0.25, 0.3) is 0 Å². The largest absolute Gasteiger partial charge is 0.481 e. The number of nitro benzene ring substituents is 1. The number of benzene rings is 1. The number of nitro groups is 1. The molecule has 0 heterocycles. The molecule has 0 saturated heterocycles. The van der Waals surface area contributed by atoms with Crippen molar-refractivity contribution in [1.82, 2.24) is 0 Å². The Morgan fingerprint density at radius 3 is 2.70 bits per heavy atom. The molecule has 8 heteroatoms. The minimum Gasteiger partial charge on any atom is -0.481 e. The number of anilines is 1. The molecule has 0 aliphatic heterocycles. The number of aliphatic carboxylic acids is 1. The van der Waals surface area contributed by atoms with Gasteiger partial charge in [-0.05, 0) is 31.4 Å². The van der Waals surface area contributed by atoms with E-state index in [4.69, 9.17) is 11.6 Å². The van der Waals surface area contributed by atoms with Crippen LogP contribution in [0.1, 0.15) is 18.4 Å². The van der Waals surface area contributed by atoms with Crippen molar-refractivity contribution in [2.75, 3.05) is 5.32 Å². The minimum absolute atomic E-state index is 0.0421. The SMILES string of the molecule is Cc1ccc(NC(=O)[C@H]2CC(Cl)=CC[C@@H]2C(=O)O)c([N+](=O)[O-])c1. The summed E-state index contributed by atoms with van der Waals surface area (Å²) >= 11 is 5.91. The molecule has 0 aromatic heterocycles. The number of amides is 1. The third-order valence-corrected chi connectivity index (χ3v) is 4.06. The Balaban J connectivity index is 2.26. The summed E-state index contributed by atoms with van der Waals surface area (Å²) in [7, 11) is 0. The van der Waals surface area contributed by atoms with Crippen molar-refractivity contribution in [2.24, 2.45) is 11.8 Å². The first-order valence-electron chi connectivity index (χ1n) is 6.93. The summed E-state index contributed by atoms with van der Waals surface area (Å²) in [5, 5.41) is 23.2. The van der Waals surface area contributed by atoms with Crippen molar-refractivity contribution in [3.05, 3.63) is 45.0 Å². The minimum atomic E-state index is -1.09. The summed E-state index contributed by atoms with van der Waals surface area (Å²) in [5.74, 6) is -3.45. The highest BCUT2D eigenvalue weighted by atomic mass is 35.5. The maximum Gasteiger partial charge on any atom is 0.307 e. The molecule has 1 aliphatic carbocycles. The van der Waals surface area contributed by atoms with Crippen LogP contribution in [-0.2, 0) is 9.59 Å². The second-order valence-corrected chi connectivity index (χ2v) is 5.89. The van der Waals surface area contributed by atoms with Gasteiger partial charge < -0.3 is 10.4 Å². The van der Waals surface area contributed by atoms with Gasteiger partial charge in [0, 0.05) is 11.1 Å². The van der Waals surface area contributed by atoms with Crippen LogP contribution in [0.5, 0.6) is 0 Å². The van der Waals surface area contributed by atoms with Gasteiger partial charge in [-0.2, -0.15) is 0 Å². The molecule has 0 unspecified atom stereocenters. The van der Waals surface area contributed by atoms with Crippen molar-refractivity contribution in [1.29, 1.82) is 0 Å². The van der Waals surface area contributed by atoms with Crippen molar-refractivity contribution < 1.29 is 19.6 Å². The van der Waals surface area contributed by atoms with Gasteiger partial charge in [0.2, 0.25) is 5.91 Å². The topological polar surface area (TPSA) is 110 Å². The maximum atomic E-state index is 12.4. The lowest BCUT2D eigenvalue weighted by Crippen LogP contribution is -2.35. The Morgan fingerprint density at radius 2 is 2.09 bits per heavy atom. The van der Waals surface area contributed by atoms with Crippen LogP contribution in [-0.4, -0.2) is 21.9 Å². The Labute approximate surface area is 137 Å². The molecule has 0 fully saturated rings. The average molecular weight is 339 g/mol. The molecular formula is C15H15ClN2O5. The number of carbonyl (C=O) groups excluding carboxylic acids is 1. The monoisotopic (exact) mass is 338 g/mol. The van der Waals surface area contributed by atoms with Gasteiger partial charge in [-0.1, -0.05) is 23.7 Å². The lowest BCUT2D eigenvalue weighted by atomic mass is 9.82. The van der Waals surface area contributed by atoms with Crippen LogP contribution in [0.3, 0.4) is 0 Å². The molecule has 1 aliphatic rings. The molecule has 1 aromatic rings. The fraction of sp³-hybridized carbons (Fsp3) is 0.333. The summed E-state index contributed by atoms with van der Waals surface area (Å²) in [4.78, 5) is 34.2. The lowest BCUT2D eigenvalue weighted by molar-refractivity contribution is -0.384. The number of nitrogens with one attached hydrogen (secondary N) is 1. The molecule has 0 spiro atoms. The molecule has 0 radical (unpaired) electrons. The first kappa shape index (κ1) is 17.0. The van der Waals surface area contributed by atoms with Crippen LogP contribution in [0.15, 0.2) is 29.3 Å². The standard InChI is InChI=1S/C15H15ClN2O5/c1-8-2-5-12(13(6-8)18(22)23)17-14(19)11-7-9(16)3-4-10(11)15(20)21/h2-3,5-6,10-11H,4,7H2,1H3,(H,17,19)(H,20,21)/t10-,11-/m0/s1. The van der Waals surface area contributed by atoms with Crippen LogP contribution < -0.4 is 5.32 Å². The molecule has 1 aromatic carbocycles. The second kappa shape index (κ2) is 6.78. The molecule has 2 rings (SSSR count). The van der Waals surface area contributed by atoms with E-state index >= 15 is 0 Å². The Bertz CT molecular complexity index is 701. The zero-order valence-electron chi connectivity index (χ0n) is 12.3. The zero-order valence-corrected chi connectivity index (χ0v) is 13.0. The molecule has 1 amide bonds. The van der Waals surface area contributed by atoms with E-state index in [1.807, 2.05) is 0 Å². The normalized spacial score (nSPS) is 20.5. The van der Waals surface area contributed by atoms with Gasteiger partial charge in [0.25, 0.3) is 5.69 Å². The summed E-state index contributed by atoms with van der Waals surface area (Å²) < 4.78 is 0. The number of rotatable bonds is 4. The van der Waals surface area contributed by atoms with E-state index in [2.05, 4.69) is 5.32 Å². The van der Waals surface area contributed by atoms with Crippen molar-refractivity contribution in [3.8, 4) is 0 Å². The first-order chi connectivity index (χ1) is 10.8. The number of aryl methyl sites for hydroxylation is 1. The number of allylic oxidation sites excluding steroid dienone is 2. The van der Waals surface area contributed by atoms with Gasteiger partial charge in [0.15, 0.2) is 0 Å². The molecule has 0 saturated carbocycles. The van der Waals surface area contributed by atoms with Crippen molar-refractivity contribution >= 4 is 34.9 Å². The number of halogens is 1. The number of hydrogen-bond donors (Lipinski definition) is 2. The Kier molecular flexibility index (Phi) is 5.00. The summed E-state index contributed by atoms with van der Waals surface area (Å²) in [5.41, 5.74) is 0.491. The number of carboxylic acids is 1. The van der Waals surface area contributed by atoms with E-state index in [1.165, 1.54) is 12.1 Å². The van der Waals surface area contributed by atoms with Crippen LogP contribution in [0, 0.1) is 28.9 Å². The van der Waals surface area contributed by atoms with E-state index in [-0.39, 0.29) is 24.2 Å². The maximum absolute atomic E-state index is 12.4. The Hall–Kier alpha value is -2.41. The fourth-order valence-electron chi connectivity index (χ4n) is 2.53. The van der Waals surface area contributed by atoms with E-state index in [0.717, 1.165) is 0 Å². The predicted octanol–water partition coefficient (Wildman–Crippen LogP) is 3.08. The summed E-state index contributed by atoms with van der Waals surface area (Å²) in [6.07, 6.45) is 1.84. The average Bonchev–Trinajstić information content (AvgIpc) is 2.48. The number of nitrogens with zero attached hydrogens (tertiary/aromatic N) is 1. The molecule has 122 valence electrons. The lowest BCUT2D eigenvalue weighted by Gasteiger charge is -2.25. The van der Waals surface area contributed by atoms with Crippen molar-refractivity contribution in [2.45, 2.75) is 19.8 Å². The van der Waals surface area contributed by atoms with Gasteiger partial charge in [0.05, 0.1) is 16.8 Å². The first-order valence-corrected chi connectivity index (χ1v) is 7.30. The van der Waals surface area contributed by atoms with Gasteiger partial charge in [-0.3, -0.25) is 19.7 Å². The van der Waals surface area contributed by atoms with Crippen LogP contribution >= 0.6 is 11.6 Å². The predicted molar refractivity (Wildman–Crippen MR) is 84.2 cm³/mol. The molecule has 0 bridgehead atoms. The number of hydrogen-bond acceptors (Lipinski definition) is 4. The molecule has 2 atom stereocenters. The van der Waals surface area contributed by atoms with Gasteiger partial charge in [0.1, 0.15) is 5.69 Å². The van der Waals surface area contributed by atoms with Crippen molar-refractivity contribution in [3.63, 3.8) is 0 Å². The number of carbonyl (C=O) groups is 2. The van der Waals surface area contributed by atoms with Crippen LogP contribution in [0.4, 0.5) is 11.4 Å². The second-order valence-electron chi connectivity index (χ2n) is 5.41. The van der Waals surface area contributed by atoms with Crippen LogP contribution in [0.2, 0.25) is 0 Å².